The fraction of sp³-hybridized carbons (Fsp3) is 0.368. The molecule has 3 nitrogen and oxygen atoms in total. The number of aliphatic hydroxyl groups excluding tert-OH is 2. The van der Waals surface area contributed by atoms with Gasteiger partial charge in [0, 0.05) is 25.7 Å². The lowest BCUT2D eigenvalue weighted by atomic mass is 10.1. The number of hydrogen-bond donors (Lipinski definition) is 2. The summed E-state index contributed by atoms with van der Waals surface area (Å²) < 4.78 is 26.4. The molecule has 0 amide bonds. The summed E-state index contributed by atoms with van der Waals surface area (Å²) >= 11 is 0. The van der Waals surface area contributed by atoms with Gasteiger partial charge in [0.2, 0.25) is 0 Å². The third kappa shape index (κ3) is 5.09. The maximum Gasteiger partial charge on any atom is 0.159 e. The third-order valence-electron chi connectivity index (χ3n) is 4.13. The van der Waals surface area contributed by atoms with Crippen molar-refractivity contribution in [3.05, 3.63) is 71.3 Å². The molecular formula is C19H23F2NO2. The highest BCUT2D eigenvalue weighted by atomic mass is 19.2. The summed E-state index contributed by atoms with van der Waals surface area (Å²) in [6, 6.07) is 13.3. The molecule has 2 atom stereocenters. The number of nitrogens with zero attached hydrogens (tertiary/aromatic N) is 1. The molecular weight excluding hydrogens is 312 g/mol. The standard InChI is InChI=1S/C19H23F2NO2/c1-14(9-10-23)22(12-15-5-3-2-4-6-15)13-19(24)16-7-8-17(20)18(21)11-16/h2-8,11,14,19,23-24H,9-10,12-13H2,1H3. The summed E-state index contributed by atoms with van der Waals surface area (Å²) in [6.45, 7) is 2.88. The molecule has 130 valence electrons. The molecule has 0 heterocycles. The van der Waals surface area contributed by atoms with E-state index < -0.39 is 17.7 Å². The average Bonchev–Trinajstić information content (AvgIpc) is 2.57. The van der Waals surface area contributed by atoms with Gasteiger partial charge < -0.3 is 10.2 Å². The zero-order chi connectivity index (χ0) is 17.5. The van der Waals surface area contributed by atoms with Crippen molar-refractivity contribution in [2.24, 2.45) is 0 Å². The van der Waals surface area contributed by atoms with E-state index in [2.05, 4.69) is 0 Å². The minimum atomic E-state index is -0.968. The molecule has 0 saturated carbocycles. The van der Waals surface area contributed by atoms with E-state index in [1.165, 1.54) is 6.07 Å². The van der Waals surface area contributed by atoms with Gasteiger partial charge in [-0.2, -0.15) is 0 Å². The van der Waals surface area contributed by atoms with Gasteiger partial charge in [-0.15, -0.1) is 0 Å². The Morgan fingerprint density at radius 2 is 1.75 bits per heavy atom. The van der Waals surface area contributed by atoms with Crippen molar-refractivity contribution in [3.63, 3.8) is 0 Å². The Kier molecular flexibility index (Phi) is 6.85. The Bertz CT molecular complexity index is 637. The molecule has 0 fully saturated rings. The van der Waals surface area contributed by atoms with E-state index >= 15 is 0 Å². The summed E-state index contributed by atoms with van der Waals surface area (Å²) in [7, 11) is 0. The van der Waals surface area contributed by atoms with Gasteiger partial charge in [0.1, 0.15) is 0 Å². The lowest BCUT2D eigenvalue weighted by Gasteiger charge is -2.31. The summed E-state index contributed by atoms with van der Waals surface area (Å²) in [6.07, 6.45) is -0.373. The molecule has 0 aliphatic heterocycles. The molecule has 0 aromatic heterocycles. The number of hydrogen-bond acceptors (Lipinski definition) is 3. The van der Waals surface area contributed by atoms with E-state index in [1.54, 1.807) is 0 Å². The second kappa shape index (κ2) is 8.87. The van der Waals surface area contributed by atoms with Crippen LogP contribution in [-0.4, -0.2) is 34.3 Å². The second-order valence-corrected chi connectivity index (χ2v) is 5.97. The largest absolute Gasteiger partial charge is 0.396 e. The molecule has 2 aromatic rings. The molecule has 0 radical (unpaired) electrons. The van der Waals surface area contributed by atoms with E-state index in [4.69, 9.17) is 0 Å². The Hall–Kier alpha value is -1.82. The molecule has 2 aromatic carbocycles. The van der Waals surface area contributed by atoms with Crippen LogP contribution in [0.5, 0.6) is 0 Å². The number of benzene rings is 2. The monoisotopic (exact) mass is 335 g/mol. The zero-order valence-corrected chi connectivity index (χ0v) is 13.7. The molecule has 0 saturated heterocycles. The van der Waals surface area contributed by atoms with Crippen LogP contribution in [0.25, 0.3) is 0 Å². The Morgan fingerprint density at radius 3 is 2.38 bits per heavy atom. The minimum absolute atomic E-state index is 0.0372. The van der Waals surface area contributed by atoms with Gasteiger partial charge in [-0.05, 0) is 36.6 Å². The van der Waals surface area contributed by atoms with Crippen molar-refractivity contribution in [3.8, 4) is 0 Å². The number of aliphatic hydroxyl groups is 2. The van der Waals surface area contributed by atoms with Crippen LogP contribution in [0.2, 0.25) is 0 Å². The first kappa shape index (κ1) is 18.5. The van der Waals surface area contributed by atoms with Gasteiger partial charge in [0.25, 0.3) is 0 Å². The van der Waals surface area contributed by atoms with Crippen LogP contribution in [0.15, 0.2) is 48.5 Å². The maximum absolute atomic E-state index is 13.4. The highest BCUT2D eigenvalue weighted by molar-refractivity contribution is 5.20. The number of halogens is 2. The summed E-state index contributed by atoms with van der Waals surface area (Å²) in [5.74, 6) is -1.90. The van der Waals surface area contributed by atoms with E-state index in [1.807, 2.05) is 42.2 Å². The third-order valence-corrected chi connectivity index (χ3v) is 4.13. The highest BCUT2D eigenvalue weighted by Crippen LogP contribution is 2.20. The topological polar surface area (TPSA) is 43.7 Å². The van der Waals surface area contributed by atoms with Gasteiger partial charge in [-0.1, -0.05) is 36.4 Å². The lowest BCUT2D eigenvalue weighted by Crippen LogP contribution is -2.36. The first-order valence-electron chi connectivity index (χ1n) is 8.03. The van der Waals surface area contributed by atoms with Crippen LogP contribution in [0, 0.1) is 11.6 Å². The second-order valence-electron chi connectivity index (χ2n) is 5.97. The van der Waals surface area contributed by atoms with Crippen LogP contribution in [-0.2, 0) is 6.54 Å². The van der Waals surface area contributed by atoms with E-state index in [0.29, 0.717) is 18.5 Å². The van der Waals surface area contributed by atoms with Crippen LogP contribution in [0.3, 0.4) is 0 Å². The smallest absolute Gasteiger partial charge is 0.159 e. The average molecular weight is 335 g/mol. The first-order valence-corrected chi connectivity index (χ1v) is 8.03. The van der Waals surface area contributed by atoms with E-state index in [0.717, 1.165) is 17.7 Å². The predicted octanol–water partition coefficient (Wildman–Crippen LogP) is 3.27. The van der Waals surface area contributed by atoms with Crippen LogP contribution in [0.1, 0.15) is 30.6 Å². The molecule has 24 heavy (non-hydrogen) atoms. The fourth-order valence-corrected chi connectivity index (χ4v) is 2.63. The highest BCUT2D eigenvalue weighted by Gasteiger charge is 2.20. The summed E-state index contributed by atoms with van der Waals surface area (Å²) in [5.41, 5.74) is 1.42. The van der Waals surface area contributed by atoms with Crippen molar-refractivity contribution < 1.29 is 19.0 Å². The molecule has 0 aliphatic rings. The van der Waals surface area contributed by atoms with Gasteiger partial charge in [-0.3, -0.25) is 4.90 Å². The van der Waals surface area contributed by atoms with Crippen molar-refractivity contribution in [1.29, 1.82) is 0 Å². The van der Waals surface area contributed by atoms with E-state index in [-0.39, 0.29) is 19.2 Å². The van der Waals surface area contributed by atoms with Crippen LogP contribution >= 0.6 is 0 Å². The normalized spacial score (nSPS) is 13.9. The molecule has 2 rings (SSSR count). The van der Waals surface area contributed by atoms with Gasteiger partial charge >= 0.3 is 0 Å². The SMILES string of the molecule is CC(CCO)N(Cc1ccccc1)CC(O)c1ccc(F)c(F)c1. The van der Waals surface area contributed by atoms with E-state index in [9.17, 15) is 19.0 Å². The van der Waals surface area contributed by atoms with Crippen LogP contribution < -0.4 is 0 Å². The minimum Gasteiger partial charge on any atom is -0.396 e. The van der Waals surface area contributed by atoms with Crippen LogP contribution in [0.4, 0.5) is 8.78 Å². The first-order chi connectivity index (χ1) is 11.5. The Morgan fingerprint density at radius 1 is 1.04 bits per heavy atom. The van der Waals surface area contributed by atoms with Gasteiger partial charge in [0.05, 0.1) is 6.10 Å². The Labute approximate surface area is 141 Å². The quantitative estimate of drug-likeness (QED) is 0.778. The molecule has 2 unspecified atom stereocenters. The molecule has 0 aliphatic carbocycles. The van der Waals surface area contributed by atoms with Crippen molar-refractivity contribution >= 4 is 0 Å². The van der Waals surface area contributed by atoms with Gasteiger partial charge in [0.15, 0.2) is 11.6 Å². The van der Waals surface area contributed by atoms with Gasteiger partial charge in [-0.25, -0.2) is 8.78 Å². The predicted molar refractivity (Wildman–Crippen MR) is 89.3 cm³/mol. The number of rotatable bonds is 8. The molecule has 0 spiro atoms. The summed E-state index contributed by atoms with van der Waals surface area (Å²) in [5, 5.41) is 19.6. The fourth-order valence-electron chi connectivity index (χ4n) is 2.63. The zero-order valence-electron chi connectivity index (χ0n) is 13.7. The molecule has 5 heteroatoms. The van der Waals surface area contributed by atoms with Crippen molar-refractivity contribution in [2.45, 2.75) is 32.0 Å². The van der Waals surface area contributed by atoms with Crippen molar-refractivity contribution in [2.75, 3.05) is 13.2 Å². The van der Waals surface area contributed by atoms with Crippen molar-refractivity contribution in [1.82, 2.24) is 4.90 Å². The Balaban J connectivity index is 2.12. The summed E-state index contributed by atoms with van der Waals surface area (Å²) in [4.78, 5) is 2.03. The molecule has 2 N–H and O–H groups in total. The lowest BCUT2D eigenvalue weighted by molar-refractivity contribution is 0.0764. The maximum atomic E-state index is 13.4. The molecule has 0 bridgehead atoms.